The Balaban J connectivity index is 1.25. The fourth-order valence-electron chi connectivity index (χ4n) is 4.91. The second-order valence-corrected chi connectivity index (χ2v) is 8.12. The number of piperidine rings is 1. The van der Waals surface area contributed by atoms with Crippen LogP contribution < -0.4 is 14.8 Å². The summed E-state index contributed by atoms with van der Waals surface area (Å²) in [7, 11) is 0. The minimum atomic E-state index is -0.968. The van der Waals surface area contributed by atoms with Crippen molar-refractivity contribution in [2.24, 2.45) is 0 Å². The van der Waals surface area contributed by atoms with Gasteiger partial charge >= 0.3 is 0 Å². The Hall–Kier alpha value is -2.64. The molecule has 0 spiro atoms. The van der Waals surface area contributed by atoms with Crippen molar-refractivity contribution in [3.05, 3.63) is 53.8 Å². The van der Waals surface area contributed by atoms with Crippen molar-refractivity contribution in [2.45, 2.75) is 43.4 Å². The quantitative estimate of drug-likeness (QED) is 0.829. The van der Waals surface area contributed by atoms with Crippen LogP contribution in [0, 0.1) is 5.82 Å². The number of fused-ring (bicyclic) bond motifs is 3. The number of hydrogen-bond donors (Lipinski definition) is 2. The van der Waals surface area contributed by atoms with E-state index < -0.39 is 5.60 Å². The zero-order valence-electron chi connectivity index (χ0n) is 15.9. The predicted octanol–water partition coefficient (Wildman–Crippen LogP) is 3.01. The molecule has 2 bridgehead atoms. The number of hydrogen-bond acceptors (Lipinski definition) is 5. The summed E-state index contributed by atoms with van der Waals surface area (Å²) in [6.45, 7) is 0.476. The second kappa shape index (κ2) is 7.00. The number of halogens is 1. The minimum absolute atomic E-state index is 0.0898. The predicted molar refractivity (Wildman–Crippen MR) is 104 cm³/mol. The SMILES string of the molecule is O=C(CN1[C@@H]2CC[C@H]1CC(O)(c1ccc(F)cc1)C2)Nc1ccc2c(c1)OCO2. The van der Waals surface area contributed by atoms with Gasteiger partial charge in [-0.1, -0.05) is 12.1 Å². The molecule has 2 aromatic carbocycles. The van der Waals surface area contributed by atoms with Crippen molar-refractivity contribution in [1.29, 1.82) is 0 Å². The van der Waals surface area contributed by atoms with Crippen LogP contribution in [0.4, 0.5) is 10.1 Å². The van der Waals surface area contributed by atoms with Crippen molar-refractivity contribution in [3.8, 4) is 11.5 Å². The highest BCUT2D eigenvalue weighted by Gasteiger charge is 2.48. The van der Waals surface area contributed by atoms with E-state index in [4.69, 9.17) is 9.47 Å². The molecule has 3 aliphatic rings. The molecule has 0 aliphatic carbocycles. The number of aliphatic hydroxyl groups is 1. The fraction of sp³-hybridized carbons (Fsp3) is 0.409. The second-order valence-electron chi connectivity index (χ2n) is 8.12. The van der Waals surface area contributed by atoms with Crippen molar-refractivity contribution in [3.63, 3.8) is 0 Å². The molecule has 0 aromatic heterocycles. The number of amides is 1. The van der Waals surface area contributed by atoms with Gasteiger partial charge < -0.3 is 19.9 Å². The van der Waals surface area contributed by atoms with Crippen LogP contribution in [-0.4, -0.2) is 41.3 Å². The van der Waals surface area contributed by atoms with Gasteiger partial charge in [-0.3, -0.25) is 9.69 Å². The van der Waals surface area contributed by atoms with E-state index in [0.29, 0.717) is 30.0 Å². The van der Waals surface area contributed by atoms with Gasteiger partial charge in [0.1, 0.15) is 5.82 Å². The molecule has 6 nitrogen and oxygen atoms in total. The number of carbonyl (C=O) groups is 1. The summed E-state index contributed by atoms with van der Waals surface area (Å²) in [6, 6.07) is 11.7. The van der Waals surface area contributed by atoms with E-state index in [1.807, 2.05) is 0 Å². The molecule has 1 amide bonds. The molecule has 2 saturated heterocycles. The average molecular weight is 398 g/mol. The lowest BCUT2D eigenvalue weighted by Crippen LogP contribution is -2.51. The molecule has 5 rings (SSSR count). The number of ether oxygens (including phenoxy) is 2. The molecule has 2 N–H and O–H groups in total. The summed E-state index contributed by atoms with van der Waals surface area (Å²) in [6.07, 6.45) is 3.00. The molecule has 2 fully saturated rings. The number of nitrogens with one attached hydrogen (secondary N) is 1. The monoisotopic (exact) mass is 398 g/mol. The van der Waals surface area contributed by atoms with Crippen molar-refractivity contribution in [2.75, 3.05) is 18.7 Å². The molecular weight excluding hydrogens is 375 g/mol. The van der Waals surface area contributed by atoms with E-state index in [1.165, 1.54) is 12.1 Å². The van der Waals surface area contributed by atoms with Crippen LogP contribution in [0.2, 0.25) is 0 Å². The van der Waals surface area contributed by atoms with Gasteiger partial charge in [0.15, 0.2) is 11.5 Å². The average Bonchev–Trinajstić information content (AvgIpc) is 3.25. The summed E-state index contributed by atoms with van der Waals surface area (Å²) >= 11 is 0. The van der Waals surface area contributed by atoms with Crippen LogP contribution in [0.3, 0.4) is 0 Å². The Bertz CT molecular complexity index is 919. The van der Waals surface area contributed by atoms with E-state index in [1.54, 1.807) is 30.3 Å². The van der Waals surface area contributed by atoms with Gasteiger partial charge in [-0.15, -0.1) is 0 Å². The lowest BCUT2D eigenvalue weighted by atomic mass is 9.80. The Morgan fingerprint density at radius 2 is 1.79 bits per heavy atom. The summed E-state index contributed by atoms with van der Waals surface area (Å²) in [5, 5.41) is 14.1. The van der Waals surface area contributed by atoms with Gasteiger partial charge in [-0.25, -0.2) is 4.39 Å². The number of carbonyl (C=O) groups excluding carboxylic acids is 1. The van der Waals surface area contributed by atoms with Gasteiger partial charge in [0.2, 0.25) is 12.7 Å². The Morgan fingerprint density at radius 1 is 1.10 bits per heavy atom. The molecule has 3 aliphatic heterocycles. The van der Waals surface area contributed by atoms with Crippen LogP contribution in [0.15, 0.2) is 42.5 Å². The third-order valence-electron chi connectivity index (χ3n) is 6.28. The molecule has 3 heterocycles. The third-order valence-corrected chi connectivity index (χ3v) is 6.28. The van der Waals surface area contributed by atoms with E-state index in [-0.39, 0.29) is 37.1 Å². The summed E-state index contributed by atoms with van der Waals surface area (Å²) in [5.41, 5.74) is 0.454. The van der Waals surface area contributed by atoms with Gasteiger partial charge in [0, 0.05) is 23.8 Å². The smallest absolute Gasteiger partial charge is 0.238 e. The maximum atomic E-state index is 13.3. The molecule has 0 saturated carbocycles. The minimum Gasteiger partial charge on any atom is -0.454 e. The first-order valence-corrected chi connectivity index (χ1v) is 9.94. The third kappa shape index (κ3) is 3.45. The van der Waals surface area contributed by atoms with Gasteiger partial charge in [-0.2, -0.15) is 0 Å². The molecule has 29 heavy (non-hydrogen) atoms. The zero-order chi connectivity index (χ0) is 20.0. The highest BCUT2D eigenvalue weighted by Crippen LogP contribution is 2.45. The molecule has 7 heteroatoms. The van der Waals surface area contributed by atoms with Crippen LogP contribution in [0.25, 0.3) is 0 Å². The molecule has 152 valence electrons. The molecule has 1 unspecified atom stereocenters. The summed E-state index contributed by atoms with van der Waals surface area (Å²) in [4.78, 5) is 14.8. The largest absolute Gasteiger partial charge is 0.454 e. The highest BCUT2D eigenvalue weighted by atomic mass is 19.1. The summed E-state index contributed by atoms with van der Waals surface area (Å²) < 4.78 is 23.9. The normalized spacial score (nSPS) is 27.8. The molecule has 2 aromatic rings. The standard InChI is InChI=1S/C22H23FN2O4/c23-15-3-1-14(2-4-15)22(27)10-17-6-7-18(11-22)25(17)12-21(26)24-16-5-8-19-20(9-16)29-13-28-19/h1-5,8-9,17-18,27H,6-7,10-13H2,(H,24,26)/t17-,18+,22?. The van der Waals surface area contributed by atoms with Crippen LogP contribution in [0.1, 0.15) is 31.2 Å². The van der Waals surface area contributed by atoms with Gasteiger partial charge in [0.05, 0.1) is 12.1 Å². The lowest BCUT2D eigenvalue weighted by molar-refractivity contribution is -0.121. The maximum Gasteiger partial charge on any atom is 0.238 e. The maximum absolute atomic E-state index is 13.3. The lowest BCUT2D eigenvalue weighted by Gasteiger charge is -2.43. The van der Waals surface area contributed by atoms with Crippen molar-refractivity contribution in [1.82, 2.24) is 4.90 Å². The van der Waals surface area contributed by atoms with Crippen molar-refractivity contribution < 1.29 is 23.8 Å². The van der Waals surface area contributed by atoms with Crippen molar-refractivity contribution >= 4 is 11.6 Å². The van der Waals surface area contributed by atoms with E-state index in [9.17, 15) is 14.3 Å². The van der Waals surface area contributed by atoms with Gasteiger partial charge in [-0.05, 0) is 55.5 Å². The van der Waals surface area contributed by atoms with E-state index in [0.717, 1.165) is 18.4 Å². The first-order chi connectivity index (χ1) is 14.0. The highest BCUT2D eigenvalue weighted by molar-refractivity contribution is 5.92. The zero-order valence-corrected chi connectivity index (χ0v) is 15.9. The van der Waals surface area contributed by atoms with Crippen LogP contribution >= 0.6 is 0 Å². The van der Waals surface area contributed by atoms with E-state index in [2.05, 4.69) is 10.2 Å². The number of rotatable bonds is 4. The first-order valence-electron chi connectivity index (χ1n) is 9.94. The Morgan fingerprint density at radius 3 is 2.52 bits per heavy atom. The Labute approximate surface area is 168 Å². The Kier molecular flexibility index (Phi) is 4.44. The molecule has 0 radical (unpaired) electrons. The first kappa shape index (κ1) is 18.4. The fourth-order valence-corrected chi connectivity index (χ4v) is 4.91. The molecular formula is C22H23FN2O4. The van der Waals surface area contributed by atoms with E-state index >= 15 is 0 Å². The molecule has 3 atom stereocenters. The van der Waals surface area contributed by atoms with Crippen LogP contribution in [-0.2, 0) is 10.4 Å². The summed E-state index contributed by atoms with van der Waals surface area (Å²) in [5.74, 6) is 0.910. The number of anilines is 1. The van der Waals surface area contributed by atoms with Gasteiger partial charge in [0.25, 0.3) is 0 Å². The topological polar surface area (TPSA) is 71.0 Å². The van der Waals surface area contributed by atoms with Crippen LogP contribution in [0.5, 0.6) is 11.5 Å². The number of benzene rings is 2. The number of nitrogens with zero attached hydrogens (tertiary/aromatic N) is 1.